The van der Waals surface area contributed by atoms with Crippen LogP contribution in [0, 0.1) is 22.7 Å². The largest absolute Gasteiger partial charge is 0.306 e. The highest BCUT2D eigenvalue weighted by atomic mass is 35.5. The van der Waals surface area contributed by atoms with Crippen LogP contribution in [0.2, 0.25) is 15.1 Å². The molecule has 0 radical (unpaired) electrons. The van der Waals surface area contributed by atoms with E-state index in [1.165, 1.54) is 18.4 Å². The van der Waals surface area contributed by atoms with Gasteiger partial charge in [0.1, 0.15) is 6.07 Å². The molecule has 0 bridgehead atoms. The first-order valence-corrected chi connectivity index (χ1v) is 10.6. The second kappa shape index (κ2) is 7.73. The third kappa shape index (κ3) is 3.95. The smallest absolute Gasteiger partial charge is 0.101 e. The molecule has 1 aliphatic heterocycles. The number of allylic oxidation sites excluding steroid dienone is 1. The Labute approximate surface area is 181 Å². The Morgan fingerprint density at radius 1 is 1.21 bits per heavy atom. The van der Waals surface area contributed by atoms with Crippen molar-refractivity contribution in [1.29, 1.82) is 5.26 Å². The molecule has 2 aromatic rings. The molecule has 0 aromatic heterocycles. The third-order valence-electron chi connectivity index (χ3n) is 6.08. The standard InChI is InChI=1S/C23H21Cl3N2/c1-28-7-6-23(14-28)12-20(23)17(10-18-11-19(24)4-5-21(18)25)8-15-2-3-16(13-27)22(26)9-15/h2-5,8-9,11,20H,6-7,10,12,14H2,1H3/b17-8+/t20-,23-/m0/s1. The van der Waals surface area contributed by atoms with Crippen molar-refractivity contribution in [2.24, 2.45) is 11.3 Å². The van der Waals surface area contributed by atoms with Crippen LogP contribution in [0.25, 0.3) is 6.08 Å². The van der Waals surface area contributed by atoms with Gasteiger partial charge in [-0.3, -0.25) is 0 Å². The van der Waals surface area contributed by atoms with E-state index in [1.54, 1.807) is 6.07 Å². The minimum Gasteiger partial charge on any atom is -0.306 e. The average molecular weight is 432 g/mol. The molecule has 0 unspecified atom stereocenters. The fraction of sp³-hybridized carbons (Fsp3) is 0.348. The number of benzene rings is 2. The first-order valence-electron chi connectivity index (χ1n) is 9.43. The van der Waals surface area contributed by atoms with E-state index >= 15 is 0 Å². The van der Waals surface area contributed by atoms with Gasteiger partial charge < -0.3 is 4.90 Å². The van der Waals surface area contributed by atoms with Crippen molar-refractivity contribution in [2.75, 3.05) is 20.1 Å². The normalized spacial score (nSPS) is 24.5. The Hall–Kier alpha value is -1.50. The fourth-order valence-corrected chi connectivity index (χ4v) is 5.14. The molecule has 2 aromatic carbocycles. The molecule has 144 valence electrons. The average Bonchev–Trinajstić information content (AvgIpc) is 3.23. The summed E-state index contributed by atoms with van der Waals surface area (Å²) in [6.45, 7) is 2.30. The van der Waals surface area contributed by atoms with Gasteiger partial charge >= 0.3 is 0 Å². The SMILES string of the molecule is CN1CC[C@]2(C[C@H]2/C(=C/c2ccc(C#N)c(Cl)c2)Cc2cc(Cl)ccc2Cl)C1. The van der Waals surface area contributed by atoms with E-state index in [0.717, 1.165) is 35.7 Å². The molecule has 1 aliphatic carbocycles. The van der Waals surface area contributed by atoms with Crippen molar-refractivity contribution < 1.29 is 0 Å². The van der Waals surface area contributed by atoms with Crippen LogP contribution in [0.1, 0.15) is 29.5 Å². The zero-order chi connectivity index (χ0) is 19.9. The predicted octanol–water partition coefficient (Wildman–Crippen LogP) is 6.49. The van der Waals surface area contributed by atoms with Gasteiger partial charge in [0.2, 0.25) is 0 Å². The molecule has 1 saturated carbocycles. The Morgan fingerprint density at radius 3 is 2.71 bits per heavy atom. The van der Waals surface area contributed by atoms with Crippen LogP contribution in [-0.2, 0) is 6.42 Å². The highest BCUT2D eigenvalue weighted by Crippen LogP contribution is 2.62. The Bertz CT molecular complexity index is 992. The maximum Gasteiger partial charge on any atom is 0.101 e. The molecule has 2 atom stereocenters. The Balaban J connectivity index is 1.69. The van der Waals surface area contributed by atoms with Gasteiger partial charge in [-0.05, 0) is 85.6 Å². The van der Waals surface area contributed by atoms with Crippen molar-refractivity contribution in [2.45, 2.75) is 19.3 Å². The van der Waals surface area contributed by atoms with E-state index in [4.69, 9.17) is 40.1 Å². The number of likely N-dealkylation sites (tertiary alicyclic amines) is 1. The van der Waals surface area contributed by atoms with Gasteiger partial charge in [-0.1, -0.05) is 52.5 Å². The summed E-state index contributed by atoms with van der Waals surface area (Å²) in [5.41, 5.74) is 4.32. The van der Waals surface area contributed by atoms with Crippen molar-refractivity contribution in [3.05, 3.63) is 73.7 Å². The lowest BCUT2D eigenvalue weighted by Crippen LogP contribution is -2.16. The van der Waals surface area contributed by atoms with Crippen molar-refractivity contribution >= 4 is 40.9 Å². The van der Waals surface area contributed by atoms with Crippen LogP contribution in [-0.4, -0.2) is 25.0 Å². The fourth-order valence-electron chi connectivity index (χ4n) is 4.53. The molecule has 2 aliphatic rings. The molecule has 1 heterocycles. The molecule has 2 nitrogen and oxygen atoms in total. The lowest BCUT2D eigenvalue weighted by molar-refractivity contribution is 0.381. The monoisotopic (exact) mass is 430 g/mol. The third-order valence-corrected chi connectivity index (χ3v) is 7.00. The van der Waals surface area contributed by atoms with Gasteiger partial charge in [-0.15, -0.1) is 0 Å². The van der Waals surface area contributed by atoms with E-state index in [-0.39, 0.29) is 0 Å². The number of hydrogen-bond donors (Lipinski definition) is 0. The number of nitriles is 1. The lowest BCUT2D eigenvalue weighted by atomic mass is 9.92. The van der Waals surface area contributed by atoms with Crippen LogP contribution in [0.15, 0.2) is 42.0 Å². The van der Waals surface area contributed by atoms with Crippen LogP contribution >= 0.6 is 34.8 Å². The first kappa shape index (κ1) is 19.8. The van der Waals surface area contributed by atoms with Gasteiger partial charge in [0.05, 0.1) is 10.6 Å². The highest BCUT2D eigenvalue weighted by molar-refractivity contribution is 6.33. The first-order chi connectivity index (χ1) is 13.4. The molecule has 28 heavy (non-hydrogen) atoms. The minimum atomic E-state index is 0.391. The zero-order valence-electron chi connectivity index (χ0n) is 15.7. The van der Waals surface area contributed by atoms with Gasteiger partial charge in [0.25, 0.3) is 0 Å². The molecule has 1 spiro atoms. The molecule has 2 fully saturated rings. The Morgan fingerprint density at radius 2 is 2.04 bits per heavy atom. The second-order valence-electron chi connectivity index (χ2n) is 8.09. The van der Waals surface area contributed by atoms with Gasteiger partial charge in [0, 0.05) is 16.6 Å². The quantitative estimate of drug-likeness (QED) is 0.553. The van der Waals surface area contributed by atoms with Crippen LogP contribution in [0.3, 0.4) is 0 Å². The van der Waals surface area contributed by atoms with Crippen molar-refractivity contribution in [3.63, 3.8) is 0 Å². The van der Waals surface area contributed by atoms with Gasteiger partial charge in [0.15, 0.2) is 0 Å². The van der Waals surface area contributed by atoms with Crippen LogP contribution < -0.4 is 0 Å². The summed E-state index contributed by atoms with van der Waals surface area (Å²) in [5, 5.41) is 11.1. The minimum absolute atomic E-state index is 0.391. The van der Waals surface area contributed by atoms with E-state index in [2.05, 4.69) is 24.1 Å². The maximum absolute atomic E-state index is 9.12. The molecular weight excluding hydrogens is 411 g/mol. The molecule has 4 rings (SSSR count). The van der Waals surface area contributed by atoms with E-state index < -0.39 is 0 Å². The summed E-state index contributed by atoms with van der Waals surface area (Å²) >= 11 is 18.9. The highest BCUT2D eigenvalue weighted by Gasteiger charge is 2.57. The summed E-state index contributed by atoms with van der Waals surface area (Å²) < 4.78 is 0. The topological polar surface area (TPSA) is 27.0 Å². The summed E-state index contributed by atoms with van der Waals surface area (Å²) in [4.78, 5) is 2.42. The summed E-state index contributed by atoms with van der Waals surface area (Å²) in [7, 11) is 2.20. The molecule has 5 heteroatoms. The van der Waals surface area contributed by atoms with Crippen molar-refractivity contribution in [1.82, 2.24) is 4.90 Å². The van der Waals surface area contributed by atoms with E-state index in [9.17, 15) is 0 Å². The summed E-state index contributed by atoms with van der Waals surface area (Å²) in [6, 6.07) is 13.4. The lowest BCUT2D eigenvalue weighted by Gasteiger charge is -2.15. The summed E-state index contributed by atoms with van der Waals surface area (Å²) in [6.07, 6.45) is 5.45. The molecule has 0 amide bonds. The number of rotatable bonds is 4. The second-order valence-corrected chi connectivity index (χ2v) is 9.34. The van der Waals surface area contributed by atoms with Gasteiger partial charge in [-0.25, -0.2) is 0 Å². The Kier molecular flexibility index (Phi) is 5.47. The van der Waals surface area contributed by atoms with Crippen LogP contribution in [0.4, 0.5) is 0 Å². The van der Waals surface area contributed by atoms with Gasteiger partial charge in [-0.2, -0.15) is 5.26 Å². The zero-order valence-corrected chi connectivity index (χ0v) is 18.0. The van der Waals surface area contributed by atoms with E-state index in [1.807, 2.05) is 30.3 Å². The van der Waals surface area contributed by atoms with Crippen LogP contribution in [0.5, 0.6) is 0 Å². The maximum atomic E-state index is 9.12. The number of halogens is 3. The van der Waals surface area contributed by atoms with E-state index in [0.29, 0.717) is 26.9 Å². The molecule has 1 saturated heterocycles. The number of nitrogens with zero attached hydrogens (tertiary/aromatic N) is 2. The predicted molar refractivity (Wildman–Crippen MR) is 117 cm³/mol. The summed E-state index contributed by atoms with van der Waals surface area (Å²) in [5.74, 6) is 0.543. The molecular formula is C23H21Cl3N2. The molecule has 0 N–H and O–H groups in total. The van der Waals surface area contributed by atoms with Crippen molar-refractivity contribution in [3.8, 4) is 6.07 Å². The number of hydrogen-bond acceptors (Lipinski definition) is 2.